The Bertz CT molecular complexity index is 822. The van der Waals surface area contributed by atoms with Gasteiger partial charge in [-0.3, -0.25) is 0 Å². The zero-order valence-electron chi connectivity index (χ0n) is 17.9. The molecule has 31 heavy (non-hydrogen) atoms. The molecule has 0 unspecified atom stereocenters. The van der Waals surface area contributed by atoms with Gasteiger partial charge in [0.1, 0.15) is 0 Å². The quantitative estimate of drug-likeness (QED) is 0.194. The van der Waals surface area contributed by atoms with Gasteiger partial charge in [-0.05, 0) is 0 Å². The summed E-state index contributed by atoms with van der Waals surface area (Å²) >= 11 is 0. The van der Waals surface area contributed by atoms with Crippen LogP contribution in [0, 0.1) is 7.43 Å². The first-order valence-electron chi connectivity index (χ1n) is 9.82. The van der Waals surface area contributed by atoms with Crippen molar-refractivity contribution >= 4 is 24.4 Å². The van der Waals surface area contributed by atoms with Crippen molar-refractivity contribution < 1.29 is 21.7 Å². The van der Waals surface area contributed by atoms with Crippen molar-refractivity contribution in [3.8, 4) is 0 Å². The van der Waals surface area contributed by atoms with Crippen molar-refractivity contribution in [3.63, 3.8) is 0 Å². The van der Waals surface area contributed by atoms with Crippen LogP contribution >= 0.6 is 0 Å². The molecule has 0 spiro atoms. The minimum absolute atomic E-state index is 0. The molecule has 0 atom stereocenters. The summed E-state index contributed by atoms with van der Waals surface area (Å²) in [7, 11) is -0.877. The van der Waals surface area contributed by atoms with Crippen LogP contribution in [-0.2, 0) is 21.7 Å². The monoisotopic (exact) mass is 452 g/mol. The Morgan fingerprint density at radius 2 is 0.645 bits per heavy atom. The molecular formula is C29H28SiTi. The fraction of sp³-hybridized carbons (Fsp3) is 0. The zero-order chi connectivity index (χ0) is 20.0. The molecule has 0 aliphatic carbocycles. The van der Waals surface area contributed by atoms with Gasteiger partial charge in [-0.1, -0.05) is 107 Å². The predicted octanol–water partition coefficient (Wildman–Crippen LogP) is 5.46. The van der Waals surface area contributed by atoms with E-state index >= 15 is 0 Å². The molecule has 0 amide bonds. The molecule has 0 nitrogen and oxygen atoms in total. The van der Waals surface area contributed by atoms with Crippen LogP contribution in [0.25, 0.3) is 0 Å². The fourth-order valence-corrected chi connectivity index (χ4v) is 5.53. The summed E-state index contributed by atoms with van der Waals surface area (Å²) in [4.78, 5) is 0. The molecule has 0 aromatic heterocycles. The van der Waals surface area contributed by atoms with Gasteiger partial charge >= 0.3 is 21.7 Å². The molecule has 5 aromatic carbocycles. The third-order valence-corrected chi connectivity index (χ3v) is 7.03. The van der Waals surface area contributed by atoms with Crippen molar-refractivity contribution in [2.24, 2.45) is 0 Å². The first-order valence-corrected chi connectivity index (χ1v) is 11.3. The Balaban J connectivity index is 0.000000331. The standard InChI is InChI=1S/C18H15Si.2C5H5.CH3.Ti/c1-4-10-16(11-5-1)19(17-12-6-2-7-13-17)18-14-8-3-9-15-18;2*1-2-4-5-3-1;;/h1-15H;2*1-5H;1H3;/q;3*-1;+3. The van der Waals surface area contributed by atoms with Crippen LogP contribution in [0.5, 0.6) is 0 Å². The van der Waals surface area contributed by atoms with Gasteiger partial charge in [0.05, 0.1) is 0 Å². The number of hydrogen-bond acceptors (Lipinski definition) is 0. The summed E-state index contributed by atoms with van der Waals surface area (Å²) in [6, 6.07) is 52.5. The van der Waals surface area contributed by atoms with Crippen molar-refractivity contribution in [3.05, 3.63) is 159 Å². The summed E-state index contributed by atoms with van der Waals surface area (Å²) in [6.07, 6.45) is 0. The molecule has 0 bridgehead atoms. The van der Waals surface area contributed by atoms with Crippen LogP contribution in [0.15, 0.2) is 152 Å². The van der Waals surface area contributed by atoms with Gasteiger partial charge in [0.2, 0.25) is 0 Å². The van der Waals surface area contributed by atoms with E-state index < -0.39 is 8.80 Å². The molecule has 5 rings (SSSR count). The van der Waals surface area contributed by atoms with E-state index in [9.17, 15) is 0 Å². The second-order valence-corrected chi connectivity index (χ2v) is 8.88. The van der Waals surface area contributed by atoms with Gasteiger partial charge in [-0.25, -0.2) is 24.3 Å². The van der Waals surface area contributed by atoms with Crippen LogP contribution in [0.2, 0.25) is 0 Å². The summed E-state index contributed by atoms with van der Waals surface area (Å²) in [6.45, 7) is 0. The second-order valence-electron chi connectivity index (χ2n) is 6.40. The second kappa shape index (κ2) is 16.0. The molecule has 0 heterocycles. The first kappa shape index (κ1) is 26.3. The smallest absolute Gasteiger partial charge is 0.358 e. The topological polar surface area (TPSA) is 0 Å². The summed E-state index contributed by atoms with van der Waals surface area (Å²) in [5.74, 6) is 0. The van der Waals surface area contributed by atoms with Gasteiger partial charge in [-0.15, -0.1) is 0 Å². The Kier molecular flexibility index (Phi) is 13.6. The van der Waals surface area contributed by atoms with E-state index in [-0.39, 0.29) is 29.1 Å². The normalized spacial score (nSPS) is 9.06. The van der Waals surface area contributed by atoms with E-state index in [0.29, 0.717) is 0 Å². The average molecular weight is 452 g/mol. The van der Waals surface area contributed by atoms with Gasteiger partial charge < -0.3 is 7.43 Å². The fourth-order valence-electron chi connectivity index (χ4n) is 2.96. The van der Waals surface area contributed by atoms with Gasteiger partial charge in [0.15, 0.2) is 8.80 Å². The molecule has 0 aliphatic heterocycles. The Hall–Kier alpha value is -2.71. The van der Waals surface area contributed by atoms with E-state index in [1.54, 1.807) is 0 Å². The van der Waals surface area contributed by atoms with Gasteiger partial charge in [0.25, 0.3) is 0 Å². The number of hydrogen-bond donors (Lipinski definition) is 0. The molecule has 0 aliphatic rings. The Morgan fingerprint density at radius 3 is 0.839 bits per heavy atom. The summed E-state index contributed by atoms with van der Waals surface area (Å²) in [5.41, 5.74) is 0. The van der Waals surface area contributed by atoms with E-state index in [0.717, 1.165) is 0 Å². The third-order valence-electron chi connectivity index (χ3n) is 4.30. The van der Waals surface area contributed by atoms with Crippen LogP contribution in [-0.4, -0.2) is 8.80 Å². The van der Waals surface area contributed by atoms with Crippen molar-refractivity contribution in [1.29, 1.82) is 0 Å². The van der Waals surface area contributed by atoms with E-state index in [2.05, 4.69) is 91.0 Å². The minimum atomic E-state index is -0.877. The molecule has 0 saturated carbocycles. The number of benzene rings is 3. The third kappa shape index (κ3) is 9.31. The van der Waals surface area contributed by atoms with E-state index in [4.69, 9.17) is 0 Å². The first-order chi connectivity index (χ1) is 14.4. The molecule has 152 valence electrons. The summed E-state index contributed by atoms with van der Waals surface area (Å²) in [5, 5.41) is 4.31. The van der Waals surface area contributed by atoms with Crippen LogP contribution < -0.4 is 15.6 Å². The van der Waals surface area contributed by atoms with Crippen LogP contribution in [0.3, 0.4) is 0 Å². The van der Waals surface area contributed by atoms with Crippen LogP contribution in [0.1, 0.15) is 0 Å². The molecule has 0 fully saturated rings. The SMILES string of the molecule is [CH3-].[Ti+3].c1cc[cH-]c1.c1cc[cH-]c1.c1ccc([Si](c2ccccc2)c2ccccc2)cc1. The Morgan fingerprint density at radius 1 is 0.387 bits per heavy atom. The van der Waals surface area contributed by atoms with Crippen molar-refractivity contribution in [2.45, 2.75) is 0 Å². The van der Waals surface area contributed by atoms with E-state index in [1.807, 2.05) is 60.7 Å². The maximum Gasteiger partial charge on any atom is 3.00 e. The maximum absolute atomic E-state index is 2.24. The maximum atomic E-state index is 2.24. The molecule has 0 saturated heterocycles. The summed E-state index contributed by atoms with van der Waals surface area (Å²) < 4.78 is 0. The average Bonchev–Trinajstić information content (AvgIpc) is 3.55. The van der Waals surface area contributed by atoms with Crippen molar-refractivity contribution in [2.75, 3.05) is 0 Å². The Labute approximate surface area is 204 Å². The van der Waals surface area contributed by atoms with Gasteiger partial charge in [-0.2, -0.15) is 36.4 Å². The molecule has 0 N–H and O–H groups in total. The zero-order valence-corrected chi connectivity index (χ0v) is 20.5. The van der Waals surface area contributed by atoms with Gasteiger partial charge in [0, 0.05) is 0 Å². The largest absolute Gasteiger partial charge is 3.00 e. The molecular weight excluding hydrogens is 424 g/mol. The molecule has 2 radical (unpaired) electrons. The van der Waals surface area contributed by atoms with E-state index in [1.165, 1.54) is 15.6 Å². The van der Waals surface area contributed by atoms with Crippen molar-refractivity contribution in [1.82, 2.24) is 0 Å². The molecule has 2 heteroatoms. The minimum Gasteiger partial charge on any atom is -0.358 e. The number of rotatable bonds is 3. The molecule has 5 aromatic rings. The predicted molar refractivity (Wildman–Crippen MR) is 134 cm³/mol. The van der Waals surface area contributed by atoms with Crippen LogP contribution in [0.4, 0.5) is 0 Å².